The number of benzene rings is 3. The van der Waals surface area contributed by atoms with Gasteiger partial charge in [0.15, 0.2) is 11.2 Å². The summed E-state index contributed by atoms with van der Waals surface area (Å²) in [5.41, 5.74) is 1.49. The van der Waals surface area contributed by atoms with Crippen LogP contribution in [0.5, 0.6) is 5.75 Å². The van der Waals surface area contributed by atoms with Crippen molar-refractivity contribution in [2.45, 2.75) is 18.0 Å². The van der Waals surface area contributed by atoms with E-state index in [-0.39, 0.29) is 5.78 Å². The van der Waals surface area contributed by atoms with Crippen LogP contribution in [0, 0.1) is 28.1 Å². The van der Waals surface area contributed by atoms with Crippen LogP contribution in [0.1, 0.15) is 27.4 Å². The van der Waals surface area contributed by atoms with E-state index in [9.17, 15) is 15.3 Å². The number of hydrogen-bond acceptors (Lipinski definition) is 5. The fraction of sp³-hybridized carbons (Fsp3) is 0.179. The number of ketones is 1. The number of anilines is 1. The minimum Gasteiger partial charge on any atom is -0.497 e. The summed E-state index contributed by atoms with van der Waals surface area (Å²) in [5.74, 6) is -0.218. The molecule has 3 aromatic rings. The van der Waals surface area contributed by atoms with E-state index >= 15 is 0 Å². The molecule has 0 amide bonds. The van der Waals surface area contributed by atoms with Crippen LogP contribution in [0.3, 0.4) is 0 Å². The van der Waals surface area contributed by atoms with Crippen LogP contribution in [0.2, 0.25) is 5.02 Å². The Bertz CT molecular complexity index is 1350. The van der Waals surface area contributed by atoms with E-state index in [0.717, 1.165) is 16.8 Å². The van der Waals surface area contributed by atoms with Crippen LogP contribution in [-0.2, 0) is 0 Å². The number of halogens is 1. The zero-order valence-corrected chi connectivity index (χ0v) is 19.1. The highest BCUT2D eigenvalue weighted by molar-refractivity contribution is 6.30. The van der Waals surface area contributed by atoms with E-state index in [1.165, 1.54) is 0 Å². The largest absolute Gasteiger partial charge is 0.497 e. The Labute approximate surface area is 203 Å². The minimum absolute atomic E-state index is 0.162. The summed E-state index contributed by atoms with van der Waals surface area (Å²) >= 11 is 6.14. The molecule has 1 saturated heterocycles. The molecule has 0 radical (unpaired) electrons. The number of methoxy groups -OCH3 is 1. The summed E-state index contributed by atoms with van der Waals surface area (Å²) < 4.78 is 5.25. The fourth-order valence-corrected chi connectivity index (χ4v) is 5.33. The first-order valence-corrected chi connectivity index (χ1v) is 11.2. The number of ether oxygens (including phenoxy) is 1. The normalized spacial score (nSPS) is 21.6. The van der Waals surface area contributed by atoms with Crippen molar-refractivity contribution >= 4 is 29.1 Å². The number of carbonyl (C=O) groups is 1. The summed E-state index contributed by atoms with van der Waals surface area (Å²) in [6.45, 7) is 0. The number of hydrogen-bond donors (Lipinski definition) is 0. The summed E-state index contributed by atoms with van der Waals surface area (Å²) in [4.78, 5) is 16.1. The van der Waals surface area contributed by atoms with E-state index in [1.807, 2.05) is 41.3 Å². The summed E-state index contributed by atoms with van der Waals surface area (Å²) in [7, 11) is 1.57. The van der Waals surface area contributed by atoms with Crippen molar-refractivity contribution in [1.82, 2.24) is 0 Å². The second kappa shape index (κ2) is 8.37. The number of fused-ring (bicyclic) bond motifs is 3. The highest BCUT2D eigenvalue weighted by atomic mass is 35.5. The lowest BCUT2D eigenvalue weighted by Crippen LogP contribution is -2.44. The summed E-state index contributed by atoms with van der Waals surface area (Å²) in [6, 6.07) is 25.0. The van der Waals surface area contributed by atoms with Gasteiger partial charge in [0.25, 0.3) is 0 Å². The van der Waals surface area contributed by atoms with Gasteiger partial charge in [-0.25, -0.2) is 0 Å². The standard InChI is InChI=1S/C28H20ClN3O2/c1-34-22-13-8-20(9-14-22)27(33)26-25(19-6-11-21(29)12-7-19)28(16-30,17-31)24-15-10-18-4-2-3-5-23(18)32(24)26/h2-15,24-26H,1H3. The molecule has 2 aliphatic heterocycles. The Morgan fingerprint density at radius 1 is 1.00 bits per heavy atom. The predicted octanol–water partition coefficient (Wildman–Crippen LogP) is 5.63. The molecule has 0 aliphatic carbocycles. The maximum Gasteiger partial charge on any atom is 0.185 e. The minimum atomic E-state index is -1.48. The molecule has 0 saturated carbocycles. The lowest BCUT2D eigenvalue weighted by Gasteiger charge is -2.35. The predicted molar refractivity (Wildman–Crippen MR) is 131 cm³/mol. The van der Waals surface area contributed by atoms with Crippen molar-refractivity contribution in [2.24, 2.45) is 5.41 Å². The van der Waals surface area contributed by atoms with Crippen molar-refractivity contribution in [3.63, 3.8) is 0 Å². The molecule has 0 bridgehead atoms. The van der Waals surface area contributed by atoms with Crippen LogP contribution in [0.15, 0.2) is 78.9 Å². The molecular weight excluding hydrogens is 446 g/mol. The van der Waals surface area contributed by atoms with Gasteiger partial charge in [-0.3, -0.25) is 4.79 Å². The van der Waals surface area contributed by atoms with E-state index in [4.69, 9.17) is 16.3 Å². The molecule has 1 fully saturated rings. The van der Waals surface area contributed by atoms with Gasteiger partial charge in [-0.2, -0.15) is 10.5 Å². The molecule has 5 rings (SSSR count). The maximum atomic E-state index is 14.1. The van der Waals surface area contributed by atoms with Gasteiger partial charge in [-0.15, -0.1) is 0 Å². The van der Waals surface area contributed by atoms with Crippen LogP contribution < -0.4 is 9.64 Å². The Balaban J connectivity index is 1.75. The average molecular weight is 466 g/mol. The number of Topliss-reactive ketones (excluding diaryl/α,β-unsaturated/α-hetero) is 1. The molecule has 0 N–H and O–H groups in total. The molecular formula is C28H20ClN3O2. The van der Waals surface area contributed by atoms with Crippen LogP contribution in [0.4, 0.5) is 5.69 Å². The number of carbonyl (C=O) groups excluding carboxylic acids is 1. The molecule has 6 heteroatoms. The lowest BCUT2D eigenvalue weighted by molar-refractivity contribution is 0.0951. The van der Waals surface area contributed by atoms with E-state index < -0.39 is 23.4 Å². The molecule has 34 heavy (non-hydrogen) atoms. The first-order valence-electron chi connectivity index (χ1n) is 10.9. The molecule has 2 heterocycles. The lowest BCUT2D eigenvalue weighted by atomic mass is 9.69. The molecule has 0 aromatic heterocycles. The van der Waals surface area contributed by atoms with Gasteiger partial charge < -0.3 is 9.64 Å². The highest BCUT2D eigenvalue weighted by Crippen LogP contribution is 2.55. The smallest absolute Gasteiger partial charge is 0.185 e. The maximum absolute atomic E-state index is 14.1. The Hall–Kier alpha value is -4.06. The quantitative estimate of drug-likeness (QED) is 0.466. The Kier molecular flexibility index (Phi) is 5.36. The summed E-state index contributed by atoms with van der Waals surface area (Å²) in [5, 5.41) is 21.4. The number of rotatable bonds is 4. The number of nitrogens with zero attached hydrogens (tertiary/aromatic N) is 3. The first kappa shape index (κ1) is 21.8. The van der Waals surface area contributed by atoms with Gasteiger partial charge in [-0.05, 0) is 53.6 Å². The highest BCUT2D eigenvalue weighted by Gasteiger charge is 2.63. The van der Waals surface area contributed by atoms with Crippen LogP contribution in [0.25, 0.3) is 6.08 Å². The fourth-order valence-electron chi connectivity index (χ4n) is 5.20. The van der Waals surface area contributed by atoms with Gasteiger partial charge >= 0.3 is 0 Å². The van der Waals surface area contributed by atoms with E-state index in [1.54, 1.807) is 55.6 Å². The molecule has 166 valence electrons. The third-order valence-electron chi connectivity index (χ3n) is 6.79. The SMILES string of the molecule is COc1ccc(C(=O)C2C(c3ccc(Cl)cc3)C(C#N)(C#N)C3C=Cc4ccccc4N23)cc1. The molecule has 0 spiro atoms. The summed E-state index contributed by atoms with van der Waals surface area (Å²) in [6.07, 6.45) is 3.80. The topological polar surface area (TPSA) is 77.1 Å². The third-order valence-corrected chi connectivity index (χ3v) is 7.04. The van der Waals surface area contributed by atoms with E-state index in [0.29, 0.717) is 16.3 Å². The number of para-hydroxylation sites is 1. The molecule has 3 atom stereocenters. The van der Waals surface area contributed by atoms with Crippen molar-refractivity contribution in [3.8, 4) is 17.9 Å². The monoisotopic (exact) mass is 465 g/mol. The molecule has 2 aliphatic rings. The Morgan fingerprint density at radius 2 is 1.68 bits per heavy atom. The van der Waals surface area contributed by atoms with Crippen LogP contribution >= 0.6 is 11.6 Å². The Morgan fingerprint density at radius 3 is 2.32 bits per heavy atom. The van der Waals surface area contributed by atoms with Crippen molar-refractivity contribution in [2.75, 3.05) is 12.0 Å². The molecule has 3 unspecified atom stereocenters. The van der Waals surface area contributed by atoms with E-state index in [2.05, 4.69) is 12.1 Å². The van der Waals surface area contributed by atoms with Gasteiger partial charge in [0.1, 0.15) is 11.8 Å². The first-order chi connectivity index (χ1) is 16.5. The van der Waals surface area contributed by atoms with Crippen molar-refractivity contribution in [3.05, 3.63) is 101 Å². The number of nitriles is 2. The van der Waals surface area contributed by atoms with Gasteiger partial charge in [0, 0.05) is 22.2 Å². The van der Waals surface area contributed by atoms with Crippen molar-refractivity contribution < 1.29 is 9.53 Å². The zero-order chi connectivity index (χ0) is 23.9. The average Bonchev–Trinajstić information content (AvgIpc) is 3.19. The second-order valence-electron chi connectivity index (χ2n) is 8.43. The van der Waals surface area contributed by atoms with Gasteiger partial charge in [0.05, 0.1) is 25.3 Å². The molecule has 5 nitrogen and oxygen atoms in total. The van der Waals surface area contributed by atoms with Gasteiger partial charge in [-0.1, -0.05) is 54.1 Å². The molecule has 3 aromatic carbocycles. The third kappa shape index (κ3) is 3.17. The van der Waals surface area contributed by atoms with Crippen molar-refractivity contribution in [1.29, 1.82) is 10.5 Å². The second-order valence-corrected chi connectivity index (χ2v) is 8.87. The zero-order valence-electron chi connectivity index (χ0n) is 18.4. The van der Waals surface area contributed by atoms with Gasteiger partial charge in [0.2, 0.25) is 0 Å². The van der Waals surface area contributed by atoms with Crippen LogP contribution in [-0.4, -0.2) is 25.0 Å².